The summed E-state index contributed by atoms with van der Waals surface area (Å²) >= 11 is 0. The average Bonchev–Trinajstić information content (AvgIpc) is 2.64. The van der Waals surface area contributed by atoms with Crippen LogP contribution in [-0.2, 0) is 11.2 Å². The number of fused-ring (bicyclic) bond motifs is 1. The van der Waals surface area contributed by atoms with Crippen molar-refractivity contribution in [2.24, 2.45) is 0 Å². The number of aliphatic carboxylic acids is 1. The summed E-state index contributed by atoms with van der Waals surface area (Å²) in [6, 6.07) is 5.56. The van der Waals surface area contributed by atoms with E-state index in [0.717, 1.165) is 16.5 Å². The molecule has 0 fully saturated rings. The third kappa shape index (κ3) is 2.20. The highest BCUT2D eigenvalue weighted by Crippen LogP contribution is 2.25. The van der Waals surface area contributed by atoms with E-state index in [1.807, 2.05) is 19.1 Å². The van der Waals surface area contributed by atoms with E-state index in [-0.39, 0.29) is 18.5 Å². The first kappa shape index (κ1) is 12.2. The molecule has 0 aliphatic heterocycles. The molecule has 0 saturated heterocycles. The first-order valence-electron chi connectivity index (χ1n) is 5.55. The first-order valence-corrected chi connectivity index (χ1v) is 5.55. The molecule has 0 aliphatic carbocycles. The van der Waals surface area contributed by atoms with Gasteiger partial charge < -0.3 is 15.2 Å². The van der Waals surface area contributed by atoms with Gasteiger partial charge in [-0.15, -0.1) is 0 Å². The molecule has 0 amide bonds. The Kier molecular flexibility index (Phi) is 3.06. The fourth-order valence-corrected chi connectivity index (χ4v) is 2.04. The molecule has 5 heteroatoms. The zero-order valence-corrected chi connectivity index (χ0v) is 9.86. The number of carbonyl (C=O) groups is 2. The van der Waals surface area contributed by atoms with E-state index in [4.69, 9.17) is 10.2 Å². The Bertz CT molecular complexity index is 627. The highest BCUT2D eigenvalue weighted by atomic mass is 16.4. The maximum absolute atomic E-state index is 11.1. The molecule has 2 rings (SSSR count). The Morgan fingerprint density at radius 1 is 1.28 bits per heavy atom. The molecule has 1 aromatic heterocycles. The molecule has 0 bridgehead atoms. The van der Waals surface area contributed by atoms with Crippen molar-refractivity contribution < 1.29 is 19.8 Å². The van der Waals surface area contributed by atoms with E-state index >= 15 is 0 Å². The highest BCUT2D eigenvalue weighted by molar-refractivity contribution is 5.97. The Morgan fingerprint density at radius 3 is 2.61 bits per heavy atom. The van der Waals surface area contributed by atoms with Crippen LogP contribution in [0.5, 0.6) is 0 Å². The molecule has 0 unspecified atom stereocenters. The Labute approximate surface area is 103 Å². The van der Waals surface area contributed by atoms with E-state index in [0.29, 0.717) is 5.56 Å². The number of H-pyrrole nitrogens is 1. The third-order valence-electron chi connectivity index (χ3n) is 2.86. The van der Waals surface area contributed by atoms with E-state index in [9.17, 15) is 9.59 Å². The summed E-state index contributed by atoms with van der Waals surface area (Å²) in [5.74, 6) is -2.00. The standard InChI is InChI=1S/C13H13NO4/c1-7-2-4-10-9(6-7)8(3-5-11(15)16)12(14-10)13(17)18/h2,4,6,14H,3,5H2,1H3,(H,15,16)(H,17,18). The Morgan fingerprint density at radius 2 is 2.00 bits per heavy atom. The van der Waals surface area contributed by atoms with Crippen molar-refractivity contribution in [2.45, 2.75) is 19.8 Å². The maximum atomic E-state index is 11.1. The Balaban J connectivity index is 2.57. The molecule has 1 aromatic carbocycles. The smallest absolute Gasteiger partial charge is 0.352 e. The molecule has 0 radical (unpaired) electrons. The van der Waals surface area contributed by atoms with Crippen molar-refractivity contribution >= 4 is 22.8 Å². The van der Waals surface area contributed by atoms with Crippen molar-refractivity contribution in [3.8, 4) is 0 Å². The van der Waals surface area contributed by atoms with E-state index in [2.05, 4.69) is 4.98 Å². The minimum absolute atomic E-state index is 0.0804. The number of carboxylic acids is 2. The van der Waals surface area contributed by atoms with Gasteiger partial charge in [-0.3, -0.25) is 4.79 Å². The quantitative estimate of drug-likeness (QED) is 0.772. The molecule has 2 aromatic rings. The third-order valence-corrected chi connectivity index (χ3v) is 2.86. The number of benzene rings is 1. The monoisotopic (exact) mass is 247 g/mol. The lowest BCUT2D eigenvalue weighted by Crippen LogP contribution is -2.04. The largest absolute Gasteiger partial charge is 0.481 e. The van der Waals surface area contributed by atoms with Gasteiger partial charge in [0.2, 0.25) is 0 Å². The normalized spacial score (nSPS) is 10.7. The van der Waals surface area contributed by atoms with Gasteiger partial charge in [-0.25, -0.2) is 4.79 Å². The lowest BCUT2D eigenvalue weighted by molar-refractivity contribution is -0.136. The molecule has 0 aliphatic rings. The van der Waals surface area contributed by atoms with Crippen LogP contribution in [0.2, 0.25) is 0 Å². The summed E-state index contributed by atoms with van der Waals surface area (Å²) in [6.45, 7) is 1.91. The molecule has 94 valence electrons. The van der Waals surface area contributed by atoms with Gasteiger partial charge in [0.05, 0.1) is 0 Å². The SMILES string of the molecule is Cc1ccc2[nH]c(C(=O)O)c(CCC(=O)O)c2c1. The second-order valence-corrected chi connectivity index (χ2v) is 4.23. The summed E-state index contributed by atoms with van der Waals surface area (Å²) in [7, 11) is 0. The van der Waals surface area contributed by atoms with E-state index in [1.165, 1.54) is 0 Å². The van der Waals surface area contributed by atoms with Crippen LogP contribution in [0, 0.1) is 6.92 Å². The molecular formula is C13H13NO4. The zero-order chi connectivity index (χ0) is 13.3. The predicted octanol–water partition coefficient (Wildman–Crippen LogP) is 2.19. The Hall–Kier alpha value is -2.30. The highest BCUT2D eigenvalue weighted by Gasteiger charge is 2.17. The summed E-state index contributed by atoms with van der Waals surface area (Å²) in [4.78, 5) is 24.6. The second-order valence-electron chi connectivity index (χ2n) is 4.23. The number of aromatic nitrogens is 1. The van der Waals surface area contributed by atoms with Crippen LogP contribution >= 0.6 is 0 Å². The molecule has 0 atom stereocenters. The summed E-state index contributed by atoms with van der Waals surface area (Å²) < 4.78 is 0. The van der Waals surface area contributed by atoms with Crippen LogP contribution in [0.1, 0.15) is 28.0 Å². The van der Waals surface area contributed by atoms with Crippen molar-refractivity contribution in [1.82, 2.24) is 4.98 Å². The summed E-state index contributed by atoms with van der Waals surface area (Å²) in [5.41, 5.74) is 2.37. The van der Waals surface area contributed by atoms with Gasteiger partial charge in [0.15, 0.2) is 0 Å². The van der Waals surface area contributed by atoms with Crippen molar-refractivity contribution in [3.05, 3.63) is 35.0 Å². The van der Waals surface area contributed by atoms with Gasteiger partial charge in [-0.05, 0) is 31.0 Å². The molecule has 1 heterocycles. The summed E-state index contributed by atoms with van der Waals surface area (Å²) in [5, 5.41) is 18.6. The van der Waals surface area contributed by atoms with E-state index < -0.39 is 11.9 Å². The van der Waals surface area contributed by atoms with Gasteiger partial charge in [0.1, 0.15) is 5.69 Å². The van der Waals surface area contributed by atoms with Crippen LogP contribution in [0.15, 0.2) is 18.2 Å². The van der Waals surface area contributed by atoms with Crippen LogP contribution in [0.3, 0.4) is 0 Å². The van der Waals surface area contributed by atoms with Gasteiger partial charge in [0.25, 0.3) is 0 Å². The van der Waals surface area contributed by atoms with Gasteiger partial charge in [-0.1, -0.05) is 11.6 Å². The van der Waals surface area contributed by atoms with Gasteiger partial charge in [0, 0.05) is 17.3 Å². The molecule has 5 nitrogen and oxygen atoms in total. The van der Waals surface area contributed by atoms with Crippen LogP contribution < -0.4 is 0 Å². The lowest BCUT2D eigenvalue weighted by atomic mass is 10.0. The number of carboxylic acid groups (broad SMARTS) is 2. The minimum atomic E-state index is -1.07. The van der Waals surface area contributed by atoms with Crippen molar-refractivity contribution in [2.75, 3.05) is 0 Å². The fourth-order valence-electron chi connectivity index (χ4n) is 2.04. The second kappa shape index (κ2) is 4.52. The maximum Gasteiger partial charge on any atom is 0.352 e. The van der Waals surface area contributed by atoms with Crippen LogP contribution in [0.25, 0.3) is 10.9 Å². The topological polar surface area (TPSA) is 90.4 Å². The van der Waals surface area contributed by atoms with Gasteiger partial charge >= 0.3 is 11.9 Å². The fraction of sp³-hybridized carbons (Fsp3) is 0.231. The number of aromatic carboxylic acids is 1. The molecule has 18 heavy (non-hydrogen) atoms. The van der Waals surface area contributed by atoms with Crippen molar-refractivity contribution in [3.63, 3.8) is 0 Å². The summed E-state index contributed by atoms with van der Waals surface area (Å²) in [6.07, 6.45) is 0.127. The molecule has 0 saturated carbocycles. The zero-order valence-electron chi connectivity index (χ0n) is 9.86. The molecular weight excluding hydrogens is 234 g/mol. The van der Waals surface area contributed by atoms with E-state index in [1.54, 1.807) is 6.07 Å². The van der Waals surface area contributed by atoms with Crippen LogP contribution in [-0.4, -0.2) is 27.1 Å². The minimum Gasteiger partial charge on any atom is -0.481 e. The number of hydrogen-bond donors (Lipinski definition) is 3. The number of aryl methyl sites for hydroxylation is 2. The number of aromatic amines is 1. The lowest BCUT2D eigenvalue weighted by Gasteiger charge is -2.00. The molecule has 3 N–H and O–H groups in total. The predicted molar refractivity (Wildman–Crippen MR) is 66.0 cm³/mol. The van der Waals surface area contributed by atoms with Crippen molar-refractivity contribution in [1.29, 1.82) is 0 Å². The number of nitrogens with one attached hydrogen (secondary N) is 1. The number of hydrogen-bond acceptors (Lipinski definition) is 2. The first-order chi connectivity index (χ1) is 8.49. The van der Waals surface area contributed by atoms with Crippen LogP contribution in [0.4, 0.5) is 0 Å². The van der Waals surface area contributed by atoms with Gasteiger partial charge in [-0.2, -0.15) is 0 Å². The molecule has 0 spiro atoms. The number of rotatable bonds is 4. The average molecular weight is 247 g/mol.